The maximum Gasteiger partial charge on any atom is 0.188 e. The highest BCUT2D eigenvalue weighted by Crippen LogP contribution is 2.05. The summed E-state index contributed by atoms with van der Waals surface area (Å²) in [6.07, 6.45) is 4.75. The van der Waals surface area contributed by atoms with Gasteiger partial charge in [-0.3, -0.25) is 4.99 Å². The Morgan fingerprint density at radius 2 is 1.93 bits per heavy atom. The topological polar surface area (TPSA) is 50.4 Å². The van der Waals surface area contributed by atoms with Gasteiger partial charge in [-0.15, -0.1) is 0 Å². The van der Waals surface area contributed by atoms with Crippen LogP contribution >= 0.6 is 0 Å². The number of nitrogens with one attached hydrogen (secondary N) is 1. The highest BCUT2D eigenvalue weighted by Gasteiger charge is 1.98. The number of hydrogen-bond acceptors (Lipinski definition) is 1. The van der Waals surface area contributed by atoms with E-state index in [2.05, 4.69) is 38.0 Å². The molecule has 0 saturated heterocycles. The van der Waals surface area contributed by atoms with Gasteiger partial charge in [0.2, 0.25) is 0 Å². The van der Waals surface area contributed by atoms with Crippen LogP contribution in [0.4, 0.5) is 0 Å². The molecule has 90 valence electrons. The summed E-state index contributed by atoms with van der Waals surface area (Å²) in [5, 5.41) is 3.16. The molecule has 3 N–H and O–H groups in total. The molecule has 15 heavy (non-hydrogen) atoms. The van der Waals surface area contributed by atoms with Crippen LogP contribution in [-0.4, -0.2) is 18.5 Å². The minimum absolute atomic E-state index is 0.421. The van der Waals surface area contributed by atoms with E-state index in [0.717, 1.165) is 25.3 Å². The summed E-state index contributed by atoms with van der Waals surface area (Å²) >= 11 is 0. The van der Waals surface area contributed by atoms with E-state index in [1.54, 1.807) is 0 Å². The predicted octanol–water partition coefficient (Wildman–Crippen LogP) is 2.52. The van der Waals surface area contributed by atoms with Gasteiger partial charge in [0.1, 0.15) is 0 Å². The van der Waals surface area contributed by atoms with E-state index in [1.807, 2.05) is 0 Å². The fraction of sp³-hybridized carbons (Fsp3) is 0.917. The van der Waals surface area contributed by atoms with Crippen LogP contribution in [0.5, 0.6) is 0 Å². The fourth-order valence-electron chi connectivity index (χ4n) is 1.26. The van der Waals surface area contributed by atoms with E-state index in [0.29, 0.717) is 12.0 Å². The highest BCUT2D eigenvalue weighted by atomic mass is 15.1. The lowest BCUT2D eigenvalue weighted by Gasteiger charge is -2.11. The minimum Gasteiger partial charge on any atom is -0.370 e. The zero-order chi connectivity index (χ0) is 11.7. The number of nitrogens with two attached hydrogens (primary N) is 1. The summed E-state index contributed by atoms with van der Waals surface area (Å²) in [7, 11) is 0. The minimum atomic E-state index is 0.421. The van der Waals surface area contributed by atoms with Crippen LogP contribution in [0.3, 0.4) is 0 Å². The molecule has 0 aliphatic carbocycles. The molecular formula is C12H27N3. The Kier molecular flexibility index (Phi) is 8.15. The van der Waals surface area contributed by atoms with Crippen LogP contribution in [0.25, 0.3) is 0 Å². The van der Waals surface area contributed by atoms with Crippen molar-refractivity contribution >= 4 is 5.96 Å². The highest BCUT2D eigenvalue weighted by molar-refractivity contribution is 5.78. The Hall–Kier alpha value is -0.730. The lowest BCUT2D eigenvalue weighted by atomic mass is 10.1. The molecule has 0 aromatic rings. The maximum atomic E-state index is 5.73. The summed E-state index contributed by atoms with van der Waals surface area (Å²) < 4.78 is 0. The second kappa shape index (κ2) is 8.57. The second-order valence-electron chi connectivity index (χ2n) is 4.61. The Balaban J connectivity index is 3.50. The van der Waals surface area contributed by atoms with Gasteiger partial charge >= 0.3 is 0 Å². The van der Waals surface area contributed by atoms with Crippen LogP contribution in [0, 0.1) is 5.92 Å². The van der Waals surface area contributed by atoms with Crippen molar-refractivity contribution in [2.24, 2.45) is 16.6 Å². The molecule has 3 nitrogen and oxygen atoms in total. The van der Waals surface area contributed by atoms with Gasteiger partial charge in [0.25, 0.3) is 0 Å². The third-order valence-corrected chi connectivity index (χ3v) is 2.48. The molecule has 0 aromatic heterocycles. The fourth-order valence-corrected chi connectivity index (χ4v) is 1.26. The largest absolute Gasteiger partial charge is 0.370 e. The molecule has 0 spiro atoms. The SMILES string of the molecule is CCC(C)NC(N)=NCCCCC(C)C. The van der Waals surface area contributed by atoms with Crippen LogP contribution < -0.4 is 11.1 Å². The first-order valence-corrected chi connectivity index (χ1v) is 6.12. The average molecular weight is 213 g/mol. The molecule has 0 fully saturated rings. The van der Waals surface area contributed by atoms with Crippen LogP contribution in [0.1, 0.15) is 53.4 Å². The Morgan fingerprint density at radius 1 is 1.27 bits per heavy atom. The predicted molar refractivity (Wildman–Crippen MR) is 68.1 cm³/mol. The summed E-state index contributed by atoms with van der Waals surface area (Å²) in [4.78, 5) is 4.29. The normalized spacial score (nSPS) is 14.3. The Morgan fingerprint density at radius 3 is 2.47 bits per heavy atom. The summed E-state index contributed by atoms with van der Waals surface area (Å²) in [5.74, 6) is 1.39. The van der Waals surface area contributed by atoms with Crippen molar-refractivity contribution in [1.29, 1.82) is 0 Å². The number of rotatable bonds is 7. The molecule has 1 unspecified atom stereocenters. The smallest absolute Gasteiger partial charge is 0.188 e. The van der Waals surface area contributed by atoms with Crippen molar-refractivity contribution in [3.05, 3.63) is 0 Å². The standard InChI is InChI=1S/C12H27N3/c1-5-11(4)15-12(13)14-9-7-6-8-10(2)3/h10-11H,5-9H2,1-4H3,(H3,13,14,15). The molecule has 0 aliphatic heterocycles. The van der Waals surface area contributed by atoms with Gasteiger partial charge in [0.15, 0.2) is 5.96 Å². The molecule has 0 rings (SSSR count). The van der Waals surface area contributed by atoms with Crippen LogP contribution in [0.2, 0.25) is 0 Å². The van der Waals surface area contributed by atoms with E-state index in [-0.39, 0.29) is 0 Å². The summed E-state index contributed by atoms with van der Waals surface area (Å²) in [6.45, 7) is 9.60. The first-order valence-electron chi connectivity index (χ1n) is 6.12. The Labute approximate surface area is 94.5 Å². The molecule has 0 aliphatic rings. The van der Waals surface area contributed by atoms with E-state index in [4.69, 9.17) is 5.73 Å². The van der Waals surface area contributed by atoms with Gasteiger partial charge in [-0.25, -0.2) is 0 Å². The van der Waals surface area contributed by atoms with Crippen LogP contribution in [-0.2, 0) is 0 Å². The molecule has 0 radical (unpaired) electrons. The molecule has 0 heterocycles. The lowest BCUT2D eigenvalue weighted by molar-refractivity contribution is 0.541. The molecule has 3 heteroatoms. The van der Waals surface area contributed by atoms with Gasteiger partial charge in [-0.1, -0.05) is 33.6 Å². The molecule has 1 atom stereocenters. The zero-order valence-electron chi connectivity index (χ0n) is 10.7. The average Bonchev–Trinajstić information content (AvgIpc) is 2.16. The maximum absolute atomic E-state index is 5.73. The molecule has 0 saturated carbocycles. The first-order chi connectivity index (χ1) is 7.06. The summed E-state index contributed by atoms with van der Waals surface area (Å²) in [6, 6.07) is 0.421. The third kappa shape index (κ3) is 9.57. The van der Waals surface area contributed by atoms with Crippen molar-refractivity contribution in [1.82, 2.24) is 5.32 Å². The quantitative estimate of drug-likeness (QED) is 0.388. The van der Waals surface area contributed by atoms with Crippen molar-refractivity contribution in [3.8, 4) is 0 Å². The summed E-state index contributed by atoms with van der Waals surface area (Å²) in [5.41, 5.74) is 5.73. The zero-order valence-corrected chi connectivity index (χ0v) is 10.7. The van der Waals surface area contributed by atoms with Crippen LogP contribution in [0.15, 0.2) is 4.99 Å². The number of unbranched alkanes of at least 4 members (excludes halogenated alkanes) is 1. The Bertz CT molecular complexity index is 176. The number of hydrogen-bond donors (Lipinski definition) is 2. The van der Waals surface area contributed by atoms with Crippen molar-refractivity contribution in [2.45, 2.75) is 59.4 Å². The molecule has 0 amide bonds. The third-order valence-electron chi connectivity index (χ3n) is 2.48. The number of guanidine groups is 1. The van der Waals surface area contributed by atoms with Gasteiger partial charge in [0.05, 0.1) is 0 Å². The van der Waals surface area contributed by atoms with Crippen molar-refractivity contribution < 1.29 is 0 Å². The number of nitrogens with zero attached hydrogens (tertiary/aromatic N) is 1. The van der Waals surface area contributed by atoms with E-state index in [9.17, 15) is 0 Å². The van der Waals surface area contributed by atoms with Gasteiger partial charge in [-0.05, 0) is 25.7 Å². The molecule has 0 bridgehead atoms. The monoisotopic (exact) mass is 213 g/mol. The molecule has 0 aromatic carbocycles. The van der Waals surface area contributed by atoms with Gasteiger partial charge in [-0.2, -0.15) is 0 Å². The van der Waals surface area contributed by atoms with Crippen molar-refractivity contribution in [3.63, 3.8) is 0 Å². The molecular weight excluding hydrogens is 186 g/mol. The van der Waals surface area contributed by atoms with Crippen molar-refractivity contribution in [2.75, 3.05) is 6.54 Å². The van der Waals surface area contributed by atoms with Gasteiger partial charge < -0.3 is 11.1 Å². The lowest BCUT2D eigenvalue weighted by Crippen LogP contribution is -2.38. The van der Waals surface area contributed by atoms with E-state index < -0.39 is 0 Å². The van der Waals surface area contributed by atoms with E-state index in [1.165, 1.54) is 12.8 Å². The van der Waals surface area contributed by atoms with Gasteiger partial charge in [0, 0.05) is 12.6 Å². The second-order valence-corrected chi connectivity index (χ2v) is 4.61. The number of aliphatic imine (C=N–C) groups is 1. The van der Waals surface area contributed by atoms with E-state index >= 15 is 0 Å². The first kappa shape index (κ1) is 14.3.